The molecule has 0 aliphatic heterocycles. The van der Waals surface area contributed by atoms with E-state index in [4.69, 9.17) is 14.3 Å². The molecule has 3 aromatic carbocycles. The molecule has 0 amide bonds. The van der Waals surface area contributed by atoms with Gasteiger partial charge in [0.2, 0.25) is 5.95 Å². The van der Waals surface area contributed by atoms with E-state index in [2.05, 4.69) is 10.2 Å². The number of nitrogens with zero attached hydrogens (tertiary/aromatic N) is 2. The maximum absolute atomic E-state index is 4.88. The van der Waals surface area contributed by atoms with Crippen molar-refractivity contribution < 1.29 is 9.22 Å². The van der Waals surface area contributed by atoms with Gasteiger partial charge >= 0.3 is 0 Å². The molecule has 1 N–H and O–H groups in total. The fraction of sp³-hybridized carbons (Fsp3) is 0.0435. The van der Waals surface area contributed by atoms with E-state index in [-0.39, 0.29) is 0 Å². The second kappa shape index (κ2) is 9.34. The van der Waals surface area contributed by atoms with Crippen molar-refractivity contribution in [1.82, 2.24) is 9.97 Å². The maximum Gasteiger partial charge on any atom is 0.228 e. The molecular formula is C23H19N3O2S. The molecular weight excluding hydrogens is 382 g/mol. The van der Waals surface area contributed by atoms with E-state index < -0.39 is 0 Å². The summed E-state index contributed by atoms with van der Waals surface area (Å²) in [4.78, 5) is 15.0. The summed E-state index contributed by atoms with van der Waals surface area (Å²) in [5.74, 6) is 0.541. The van der Waals surface area contributed by atoms with Crippen LogP contribution in [0.3, 0.4) is 0 Å². The zero-order valence-electron chi connectivity index (χ0n) is 15.8. The van der Waals surface area contributed by atoms with Crippen LogP contribution in [0.25, 0.3) is 22.5 Å². The van der Waals surface area contributed by atoms with Crippen molar-refractivity contribution >= 4 is 23.7 Å². The second-order valence-corrected chi connectivity index (χ2v) is 6.94. The SMILES string of the molecule is COOSc1ccc(Nc2nc(-c3ccccc3)cc(-c3ccccc3)n2)cc1. The van der Waals surface area contributed by atoms with Crippen LogP contribution in [-0.2, 0) is 9.22 Å². The van der Waals surface area contributed by atoms with Gasteiger partial charge in [-0.1, -0.05) is 60.7 Å². The third kappa shape index (κ3) is 5.00. The molecule has 0 spiro atoms. The highest BCUT2D eigenvalue weighted by Gasteiger charge is 2.09. The summed E-state index contributed by atoms with van der Waals surface area (Å²) < 4.78 is 4.88. The number of rotatable bonds is 7. The molecule has 0 saturated heterocycles. The summed E-state index contributed by atoms with van der Waals surface area (Å²) in [6, 6.07) is 30.0. The monoisotopic (exact) mass is 401 g/mol. The van der Waals surface area contributed by atoms with E-state index >= 15 is 0 Å². The zero-order valence-corrected chi connectivity index (χ0v) is 16.6. The predicted octanol–water partition coefficient (Wildman–Crippen LogP) is 6.14. The minimum atomic E-state index is 0.541. The van der Waals surface area contributed by atoms with Crippen molar-refractivity contribution in [2.75, 3.05) is 12.4 Å². The minimum absolute atomic E-state index is 0.541. The summed E-state index contributed by atoms with van der Waals surface area (Å²) >= 11 is 1.15. The van der Waals surface area contributed by atoms with E-state index in [1.807, 2.05) is 91.0 Å². The van der Waals surface area contributed by atoms with E-state index in [1.165, 1.54) is 7.11 Å². The minimum Gasteiger partial charge on any atom is -0.324 e. The Morgan fingerprint density at radius 1 is 0.724 bits per heavy atom. The van der Waals surface area contributed by atoms with Crippen molar-refractivity contribution in [1.29, 1.82) is 0 Å². The predicted molar refractivity (Wildman–Crippen MR) is 117 cm³/mol. The molecule has 6 heteroatoms. The lowest BCUT2D eigenvalue weighted by Crippen LogP contribution is -2.00. The largest absolute Gasteiger partial charge is 0.324 e. The number of anilines is 2. The number of hydrogen-bond acceptors (Lipinski definition) is 6. The quantitative estimate of drug-likeness (QED) is 0.228. The van der Waals surface area contributed by atoms with Crippen molar-refractivity contribution in [2.45, 2.75) is 4.90 Å². The molecule has 0 aliphatic rings. The van der Waals surface area contributed by atoms with E-state index in [1.54, 1.807) is 0 Å². The number of benzene rings is 3. The Kier molecular flexibility index (Phi) is 6.16. The van der Waals surface area contributed by atoms with Crippen molar-refractivity contribution in [2.24, 2.45) is 0 Å². The molecule has 4 rings (SSSR count). The summed E-state index contributed by atoms with van der Waals surface area (Å²) in [7, 11) is 1.48. The first kappa shape index (κ1) is 19.1. The average molecular weight is 401 g/mol. The van der Waals surface area contributed by atoms with Crippen LogP contribution in [-0.4, -0.2) is 17.1 Å². The third-order valence-corrected chi connectivity index (χ3v) is 4.84. The van der Waals surface area contributed by atoms with Crippen LogP contribution in [0.4, 0.5) is 11.6 Å². The Labute approximate surface area is 173 Å². The Balaban J connectivity index is 1.67. The van der Waals surface area contributed by atoms with Crippen LogP contribution in [0.1, 0.15) is 0 Å². The fourth-order valence-electron chi connectivity index (χ4n) is 2.81. The molecule has 0 atom stereocenters. The lowest BCUT2D eigenvalue weighted by molar-refractivity contribution is -0.160. The highest BCUT2D eigenvalue weighted by Crippen LogP contribution is 2.27. The van der Waals surface area contributed by atoms with Gasteiger partial charge in [-0.25, -0.2) is 14.9 Å². The van der Waals surface area contributed by atoms with Gasteiger partial charge in [0.1, 0.15) is 0 Å². The number of hydrogen-bond donors (Lipinski definition) is 1. The number of nitrogens with one attached hydrogen (secondary N) is 1. The summed E-state index contributed by atoms with van der Waals surface area (Å²) in [6.07, 6.45) is 0. The molecule has 29 heavy (non-hydrogen) atoms. The first-order valence-electron chi connectivity index (χ1n) is 9.06. The van der Waals surface area contributed by atoms with E-state index in [9.17, 15) is 0 Å². The first-order chi connectivity index (χ1) is 14.3. The summed E-state index contributed by atoms with van der Waals surface area (Å²) in [5, 5.41) is 3.30. The molecule has 0 radical (unpaired) electrons. The average Bonchev–Trinajstić information content (AvgIpc) is 2.79. The Bertz CT molecular complexity index is 1000. The first-order valence-corrected chi connectivity index (χ1v) is 9.80. The lowest BCUT2D eigenvalue weighted by atomic mass is 10.1. The van der Waals surface area contributed by atoms with Crippen LogP contribution in [0.15, 0.2) is 95.9 Å². The lowest BCUT2D eigenvalue weighted by Gasteiger charge is -2.11. The molecule has 1 heterocycles. The van der Waals surface area contributed by atoms with Gasteiger partial charge in [0, 0.05) is 21.7 Å². The Hall–Kier alpha value is -3.19. The van der Waals surface area contributed by atoms with Gasteiger partial charge in [0.25, 0.3) is 0 Å². The van der Waals surface area contributed by atoms with Crippen LogP contribution < -0.4 is 5.32 Å². The van der Waals surface area contributed by atoms with Gasteiger partial charge in [0.05, 0.1) is 30.5 Å². The Morgan fingerprint density at radius 2 is 1.28 bits per heavy atom. The van der Waals surface area contributed by atoms with Gasteiger partial charge in [-0.2, -0.15) is 4.33 Å². The fourth-order valence-corrected chi connectivity index (χ4v) is 3.21. The van der Waals surface area contributed by atoms with Crippen molar-refractivity contribution in [3.05, 3.63) is 91.0 Å². The molecule has 0 fully saturated rings. The standard InChI is InChI=1S/C23H19N3O2S/c1-27-28-29-20-14-12-19(13-15-20)24-23-25-21(17-8-4-2-5-9-17)16-22(26-23)18-10-6-3-7-11-18/h2-16H,1H3,(H,24,25,26). The van der Waals surface area contributed by atoms with Gasteiger partial charge in [-0.05, 0) is 30.3 Å². The number of aromatic nitrogens is 2. The van der Waals surface area contributed by atoms with Crippen LogP contribution in [0, 0.1) is 0 Å². The van der Waals surface area contributed by atoms with E-state index in [0.717, 1.165) is 45.1 Å². The molecule has 4 aromatic rings. The van der Waals surface area contributed by atoms with Crippen molar-refractivity contribution in [3.63, 3.8) is 0 Å². The topological polar surface area (TPSA) is 56.3 Å². The molecule has 0 aliphatic carbocycles. The molecule has 0 bridgehead atoms. The molecule has 144 valence electrons. The van der Waals surface area contributed by atoms with Crippen molar-refractivity contribution in [3.8, 4) is 22.5 Å². The second-order valence-electron chi connectivity index (χ2n) is 6.16. The van der Waals surface area contributed by atoms with Gasteiger partial charge in [0.15, 0.2) is 0 Å². The third-order valence-electron chi connectivity index (χ3n) is 4.17. The normalized spacial score (nSPS) is 10.7. The molecule has 0 unspecified atom stereocenters. The highest BCUT2D eigenvalue weighted by atomic mass is 32.2. The van der Waals surface area contributed by atoms with Crippen LogP contribution in [0.2, 0.25) is 0 Å². The van der Waals surface area contributed by atoms with Gasteiger partial charge < -0.3 is 5.32 Å². The smallest absolute Gasteiger partial charge is 0.228 e. The Morgan fingerprint density at radius 3 is 1.79 bits per heavy atom. The molecule has 0 saturated carbocycles. The molecule has 1 aromatic heterocycles. The summed E-state index contributed by atoms with van der Waals surface area (Å²) in [6.45, 7) is 0. The van der Waals surface area contributed by atoms with Gasteiger partial charge in [-0.3, -0.25) is 0 Å². The highest BCUT2D eigenvalue weighted by molar-refractivity contribution is 7.94. The van der Waals surface area contributed by atoms with Crippen LogP contribution >= 0.6 is 12.0 Å². The van der Waals surface area contributed by atoms with Crippen LogP contribution in [0.5, 0.6) is 0 Å². The zero-order chi connectivity index (χ0) is 19.9. The van der Waals surface area contributed by atoms with Gasteiger partial charge in [-0.15, -0.1) is 0 Å². The summed E-state index contributed by atoms with van der Waals surface area (Å²) in [5.41, 5.74) is 4.69. The van der Waals surface area contributed by atoms with E-state index in [0.29, 0.717) is 5.95 Å². The molecule has 5 nitrogen and oxygen atoms in total. The maximum atomic E-state index is 4.88.